The second kappa shape index (κ2) is 57.0. The predicted octanol–water partition coefficient (Wildman–Crippen LogP) is -3.97. The monoisotopic (exact) mass is 644 g/mol. The molecule has 43 heavy (non-hydrogen) atoms. The van der Waals surface area contributed by atoms with Crippen molar-refractivity contribution in [2.24, 2.45) is 0 Å². The van der Waals surface area contributed by atoms with Gasteiger partial charge in [-0.05, 0) is 0 Å². The number of hydrogen-bond acceptors (Lipinski definition) is 17. The first-order chi connectivity index (χ1) is 21.2. The lowest BCUT2D eigenvalue weighted by Gasteiger charge is -2.04. The lowest BCUT2D eigenvalue weighted by atomic mass is 10.7. The number of hydrogen-bond donors (Lipinski definition) is 8. The highest BCUT2D eigenvalue weighted by Crippen LogP contribution is 1.81. The summed E-state index contributed by atoms with van der Waals surface area (Å²) in [7, 11) is 0. The largest absolute Gasteiger partial charge is 0.394 e. The quantitative estimate of drug-likeness (QED) is 0.0335. The van der Waals surface area contributed by atoms with Crippen LogP contribution in [0.15, 0.2) is 0 Å². The minimum Gasteiger partial charge on any atom is -0.394 e. The van der Waals surface area contributed by atoms with Gasteiger partial charge in [0.1, 0.15) is 0 Å². The maximum atomic E-state index is 8.36. The van der Waals surface area contributed by atoms with Gasteiger partial charge in [-0.2, -0.15) is 0 Å². The zero-order valence-electron chi connectivity index (χ0n) is 25.6. The second-order valence-corrected chi connectivity index (χ2v) is 7.30. The molecule has 0 aromatic heterocycles. The Kier molecular flexibility index (Phi) is 65.3. The Morgan fingerprint density at radius 1 is 0.163 bits per heavy atom. The van der Waals surface area contributed by atoms with E-state index in [0.717, 1.165) is 0 Å². The highest BCUT2D eigenvalue weighted by molar-refractivity contribution is 4.34. The van der Waals surface area contributed by atoms with E-state index in [1.54, 1.807) is 0 Å². The maximum Gasteiger partial charge on any atom is 0.0701 e. The van der Waals surface area contributed by atoms with Gasteiger partial charge in [0.15, 0.2) is 0 Å². The van der Waals surface area contributed by atoms with E-state index >= 15 is 0 Å². The third-order valence-electron chi connectivity index (χ3n) is 3.75. The Morgan fingerprint density at radius 2 is 0.256 bits per heavy atom. The zero-order valence-corrected chi connectivity index (χ0v) is 25.6. The average Bonchev–Trinajstić information content (AvgIpc) is 3.03. The standard InChI is InChI=1S/C8H18O5.3C6H14O4/c9-1-3-11-5-7-13-8-6-12-4-2-10;3*7-1-3-9-5-6-10-4-2-8/h9-10H,1-8H2;3*7-8H,1-6H2. The van der Waals surface area contributed by atoms with Gasteiger partial charge in [-0.3, -0.25) is 0 Å². The molecule has 266 valence electrons. The van der Waals surface area contributed by atoms with Crippen LogP contribution < -0.4 is 0 Å². The molecule has 0 aliphatic rings. The summed E-state index contributed by atoms with van der Waals surface area (Å²) in [6, 6.07) is 0. The molecule has 0 aliphatic carbocycles. The van der Waals surface area contributed by atoms with E-state index in [4.69, 9.17) is 83.5 Å². The van der Waals surface area contributed by atoms with Crippen molar-refractivity contribution >= 4 is 0 Å². The summed E-state index contributed by atoms with van der Waals surface area (Å²) in [5.74, 6) is 0. The molecule has 0 bridgehead atoms. The molecule has 0 heterocycles. The molecule has 0 fully saturated rings. The van der Waals surface area contributed by atoms with Gasteiger partial charge in [0.25, 0.3) is 0 Å². The van der Waals surface area contributed by atoms with Crippen molar-refractivity contribution < 1.29 is 83.5 Å². The van der Waals surface area contributed by atoms with E-state index in [0.29, 0.717) is 119 Å². The van der Waals surface area contributed by atoms with Crippen LogP contribution in [0.5, 0.6) is 0 Å². The van der Waals surface area contributed by atoms with Crippen LogP contribution in [0.2, 0.25) is 0 Å². The fraction of sp³-hybridized carbons (Fsp3) is 1.00. The Labute approximate surface area is 255 Å². The number of aliphatic hydroxyl groups excluding tert-OH is 8. The molecule has 0 aromatic carbocycles. The Hall–Kier alpha value is -0.680. The topological polar surface area (TPSA) is 245 Å². The summed E-state index contributed by atoms with van der Waals surface area (Å²) in [4.78, 5) is 0. The third kappa shape index (κ3) is 69.5. The molecule has 8 N–H and O–H groups in total. The molecule has 0 atom stereocenters. The SMILES string of the molecule is OCCOCCOCCO.OCCOCCOCCO.OCCOCCOCCO.OCCOCCOCCOCCO. The average molecular weight is 645 g/mol. The van der Waals surface area contributed by atoms with E-state index in [1.165, 1.54) is 0 Å². The number of ether oxygens (including phenoxy) is 9. The van der Waals surface area contributed by atoms with Gasteiger partial charge in [0, 0.05) is 0 Å². The molecule has 0 spiro atoms. The summed E-state index contributed by atoms with van der Waals surface area (Å²) in [6.07, 6.45) is 0. The lowest BCUT2D eigenvalue weighted by Crippen LogP contribution is -2.11. The molecule has 0 amide bonds. The Bertz CT molecular complexity index is 329. The maximum absolute atomic E-state index is 8.36. The van der Waals surface area contributed by atoms with Crippen LogP contribution in [-0.2, 0) is 42.6 Å². The van der Waals surface area contributed by atoms with Gasteiger partial charge < -0.3 is 83.5 Å². The molecular weight excluding hydrogens is 584 g/mol. The summed E-state index contributed by atoms with van der Waals surface area (Å²) >= 11 is 0. The minimum absolute atomic E-state index is 0.0413. The highest BCUT2D eigenvalue weighted by Gasteiger charge is 1.91. The molecule has 0 rings (SSSR count). The van der Waals surface area contributed by atoms with Gasteiger partial charge in [0.05, 0.1) is 172 Å². The first-order valence-electron chi connectivity index (χ1n) is 14.2. The normalized spacial score (nSPS) is 10.3. The van der Waals surface area contributed by atoms with Gasteiger partial charge in [0.2, 0.25) is 0 Å². The van der Waals surface area contributed by atoms with Crippen molar-refractivity contribution in [1.82, 2.24) is 0 Å². The van der Waals surface area contributed by atoms with Gasteiger partial charge >= 0.3 is 0 Å². The summed E-state index contributed by atoms with van der Waals surface area (Å²) in [5.41, 5.74) is 0. The van der Waals surface area contributed by atoms with Crippen molar-refractivity contribution in [2.75, 3.05) is 172 Å². The molecule has 17 heteroatoms. The fourth-order valence-corrected chi connectivity index (χ4v) is 2.02. The van der Waals surface area contributed by atoms with Crippen molar-refractivity contribution in [2.45, 2.75) is 0 Å². The third-order valence-corrected chi connectivity index (χ3v) is 3.75. The summed E-state index contributed by atoms with van der Waals surface area (Å²) in [6.45, 7) is 7.95. The van der Waals surface area contributed by atoms with Crippen molar-refractivity contribution in [1.29, 1.82) is 0 Å². The van der Waals surface area contributed by atoms with Crippen molar-refractivity contribution in [3.05, 3.63) is 0 Å². The van der Waals surface area contributed by atoms with Crippen LogP contribution in [-0.4, -0.2) is 213 Å². The van der Waals surface area contributed by atoms with Crippen LogP contribution in [0, 0.1) is 0 Å². The lowest BCUT2D eigenvalue weighted by molar-refractivity contribution is 0.00230. The second-order valence-electron chi connectivity index (χ2n) is 7.30. The summed E-state index contributed by atoms with van der Waals surface area (Å²) in [5, 5.41) is 66.3. The van der Waals surface area contributed by atoms with Crippen LogP contribution in [0.3, 0.4) is 0 Å². The summed E-state index contributed by atoms with van der Waals surface area (Å²) < 4.78 is 44.3. The van der Waals surface area contributed by atoms with E-state index < -0.39 is 0 Å². The highest BCUT2D eigenvalue weighted by atomic mass is 16.6. The predicted molar refractivity (Wildman–Crippen MR) is 154 cm³/mol. The van der Waals surface area contributed by atoms with Crippen LogP contribution in [0.4, 0.5) is 0 Å². The van der Waals surface area contributed by atoms with Crippen LogP contribution in [0.1, 0.15) is 0 Å². The molecule has 0 aliphatic heterocycles. The van der Waals surface area contributed by atoms with E-state index in [-0.39, 0.29) is 52.9 Å². The van der Waals surface area contributed by atoms with Gasteiger partial charge in [-0.15, -0.1) is 0 Å². The molecule has 0 saturated heterocycles. The molecule has 0 radical (unpaired) electrons. The number of rotatable bonds is 31. The number of aliphatic hydroxyl groups is 8. The van der Waals surface area contributed by atoms with Crippen molar-refractivity contribution in [3.8, 4) is 0 Å². The minimum atomic E-state index is 0.0413. The molecule has 0 saturated carbocycles. The van der Waals surface area contributed by atoms with Gasteiger partial charge in [-0.25, -0.2) is 0 Å². The van der Waals surface area contributed by atoms with E-state index in [1.807, 2.05) is 0 Å². The first-order valence-corrected chi connectivity index (χ1v) is 14.2. The van der Waals surface area contributed by atoms with Crippen molar-refractivity contribution in [3.63, 3.8) is 0 Å². The first kappa shape index (κ1) is 49.2. The molecule has 17 nitrogen and oxygen atoms in total. The van der Waals surface area contributed by atoms with Gasteiger partial charge in [-0.1, -0.05) is 0 Å². The molecule has 0 unspecified atom stereocenters. The van der Waals surface area contributed by atoms with E-state index in [2.05, 4.69) is 0 Å². The van der Waals surface area contributed by atoms with Crippen LogP contribution >= 0.6 is 0 Å². The molecule has 0 aromatic rings. The van der Waals surface area contributed by atoms with E-state index in [9.17, 15) is 0 Å². The smallest absolute Gasteiger partial charge is 0.0701 e. The fourth-order valence-electron chi connectivity index (χ4n) is 2.02. The van der Waals surface area contributed by atoms with Crippen LogP contribution in [0.25, 0.3) is 0 Å². The molecular formula is C26H60O17. The zero-order chi connectivity index (χ0) is 32.7. The Morgan fingerprint density at radius 3 is 0.349 bits per heavy atom. The Balaban J connectivity index is -0.000000238.